The molecule has 0 aliphatic heterocycles. The molecule has 0 atom stereocenters. The van der Waals surface area contributed by atoms with Crippen LogP contribution in [0.1, 0.15) is 77.0 Å². The molecule has 0 spiro atoms. The summed E-state index contributed by atoms with van der Waals surface area (Å²) >= 11 is 0. The van der Waals surface area contributed by atoms with E-state index in [-0.39, 0.29) is 24.4 Å². The highest BCUT2D eigenvalue weighted by molar-refractivity contribution is 5.72. The summed E-state index contributed by atoms with van der Waals surface area (Å²) < 4.78 is 17.3. The summed E-state index contributed by atoms with van der Waals surface area (Å²) in [5.74, 6) is 1.08. The highest BCUT2D eigenvalue weighted by Gasteiger charge is 2.29. The molecule has 2 fully saturated rings. The van der Waals surface area contributed by atoms with E-state index < -0.39 is 12.3 Å². The number of ether oxygens (including phenoxy) is 3. The van der Waals surface area contributed by atoms with Crippen LogP contribution in [0.3, 0.4) is 0 Å². The summed E-state index contributed by atoms with van der Waals surface area (Å²) in [6, 6.07) is 0. The van der Waals surface area contributed by atoms with E-state index in [1.165, 1.54) is 12.8 Å². The van der Waals surface area contributed by atoms with Crippen LogP contribution in [-0.4, -0.2) is 30.4 Å². The van der Waals surface area contributed by atoms with E-state index in [4.69, 9.17) is 14.2 Å². The lowest BCUT2D eigenvalue weighted by molar-refractivity contribution is -0.201. The van der Waals surface area contributed by atoms with Crippen molar-refractivity contribution in [1.82, 2.24) is 0 Å². The molecule has 0 radical (unpaired) electrons. The standard InChI is InChI=1S/C20H30O5/c1-2-3-14-19(22)25-18(15-21)20(23-16-10-6-4-7-11-16)24-17-12-8-5-9-13-17/h2,16-17,20H,1,3-14H2. The van der Waals surface area contributed by atoms with Crippen LogP contribution < -0.4 is 0 Å². The Bertz CT molecular complexity index is 448. The van der Waals surface area contributed by atoms with Crippen molar-refractivity contribution < 1.29 is 23.8 Å². The first kappa shape index (κ1) is 19.9. The van der Waals surface area contributed by atoms with Gasteiger partial charge in [-0.3, -0.25) is 4.79 Å². The van der Waals surface area contributed by atoms with E-state index in [9.17, 15) is 9.59 Å². The first-order valence-corrected chi connectivity index (χ1v) is 9.60. The fraction of sp³-hybridized carbons (Fsp3) is 0.750. The quantitative estimate of drug-likeness (QED) is 0.205. The average Bonchev–Trinajstić information content (AvgIpc) is 2.65. The lowest BCUT2D eigenvalue weighted by Crippen LogP contribution is -2.34. The molecule has 0 bridgehead atoms. The fourth-order valence-corrected chi connectivity index (χ4v) is 3.42. The monoisotopic (exact) mass is 350 g/mol. The van der Waals surface area contributed by atoms with Gasteiger partial charge in [0.1, 0.15) is 0 Å². The van der Waals surface area contributed by atoms with Crippen LogP contribution in [0, 0.1) is 0 Å². The molecule has 0 aromatic rings. The molecule has 2 aliphatic carbocycles. The Morgan fingerprint density at radius 1 is 1.00 bits per heavy atom. The normalized spacial score (nSPS) is 19.4. The van der Waals surface area contributed by atoms with Crippen LogP contribution in [0.4, 0.5) is 0 Å². The number of rotatable bonds is 9. The van der Waals surface area contributed by atoms with Gasteiger partial charge in [-0.15, -0.1) is 6.58 Å². The van der Waals surface area contributed by atoms with Gasteiger partial charge in [0, 0.05) is 6.42 Å². The molecule has 0 saturated heterocycles. The average molecular weight is 350 g/mol. The second-order valence-corrected chi connectivity index (χ2v) is 6.89. The molecule has 25 heavy (non-hydrogen) atoms. The Morgan fingerprint density at radius 2 is 1.52 bits per heavy atom. The second kappa shape index (κ2) is 11.2. The summed E-state index contributed by atoms with van der Waals surface area (Å²) in [5.41, 5.74) is 0. The van der Waals surface area contributed by atoms with Crippen molar-refractivity contribution in [1.29, 1.82) is 0 Å². The Kier molecular flexibility index (Phi) is 8.95. The molecule has 0 unspecified atom stereocenters. The molecular weight excluding hydrogens is 320 g/mol. The zero-order chi connectivity index (χ0) is 17.9. The van der Waals surface area contributed by atoms with Crippen molar-refractivity contribution in [2.45, 2.75) is 95.5 Å². The summed E-state index contributed by atoms with van der Waals surface area (Å²) in [5, 5.41) is 0. The van der Waals surface area contributed by atoms with Gasteiger partial charge in [0.15, 0.2) is 5.94 Å². The molecule has 2 aliphatic rings. The summed E-state index contributed by atoms with van der Waals surface area (Å²) in [6.07, 6.45) is 12.1. The van der Waals surface area contributed by atoms with Gasteiger partial charge in [0.25, 0.3) is 0 Å². The number of allylic oxidation sites excluding steroid dienone is 1. The maximum atomic E-state index is 11.9. The highest BCUT2D eigenvalue weighted by Crippen LogP contribution is 2.27. The van der Waals surface area contributed by atoms with Crippen LogP contribution in [0.2, 0.25) is 0 Å². The van der Waals surface area contributed by atoms with Crippen LogP contribution in [-0.2, 0) is 23.8 Å². The lowest BCUT2D eigenvalue weighted by Gasteiger charge is -2.31. The predicted molar refractivity (Wildman–Crippen MR) is 94.4 cm³/mol. The van der Waals surface area contributed by atoms with Gasteiger partial charge in [0.2, 0.25) is 12.0 Å². The van der Waals surface area contributed by atoms with Crippen LogP contribution >= 0.6 is 0 Å². The summed E-state index contributed by atoms with van der Waals surface area (Å²) in [7, 11) is 0. The third-order valence-electron chi connectivity index (χ3n) is 4.83. The number of carbonyl (C=O) groups excluding carboxylic acids is 2. The van der Waals surface area contributed by atoms with Crippen molar-refractivity contribution in [3.8, 4) is 0 Å². The van der Waals surface area contributed by atoms with Crippen molar-refractivity contribution in [2.75, 3.05) is 0 Å². The molecule has 2 rings (SSSR count). The molecule has 0 heterocycles. The van der Waals surface area contributed by atoms with Crippen LogP contribution in [0.25, 0.3) is 0 Å². The van der Waals surface area contributed by atoms with Gasteiger partial charge in [-0.2, -0.15) is 0 Å². The molecule has 0 N–H and O–H groups in total. The van der Waals surface area contributed by atoms with Gasteiger partial charge in [-0.1, -0.05) is 44.6 Å². The first-order valence-electron chi connectivity index (χ1n) is 9.60. The molecule has 5 heteroatoms. The van der Waals surface area contributed by atoms with E-state index in [0.29, 0.717) is 6.42 Å². The molecular formula is C20H30O5. The van der Waals surface area contributed by atoms with Crippen molar-refractivity contribution in [2.24, 2.45) is 0 Å². The van der Waals surface area contributed by atoms with E-state index in [2.05, 4.69) is 6.58 Å². The minimum Gasteiger partial charge on any atom is -0.413 e. The SMILES string of the molecule is C=CCCC(=O)OC(=C=O)C(OC1CCCCC1)OC1CCCCC1. The van der Waals surface area contributed by atoms with Gasteiger partial charge in [0.05, 0.1) is 12.2 Å². The first-order chi connectivity index (χ1) is 12.2. The largest absolute Gasteiger partial charge is 0.413 e. The van der Waals surface area contributed by atoms with Crippen molar-refractivity contribution in [3.63, 3.8) is 0 Å². The number of esters is 1. The Morgan fingerprint density at radius 3 is 1.96 bits per heavy atom. The third kappa shape index (κ3) is 7.15. The highest BCUT2D eigenvalue weighted by atomic mass is 16.7. The second-order valence-electron chi connectivity index (χ2n) is 6.89. The molecule has 0 aromatic heterocycles. The smallest absolute Gasteiger partial charge is 0.312 e. The minimum atomic E-state index is -0.934. The summed E-state index contributed by atoms with van der Waals surface area (Å²) in [4.78, 5) is 23.3. The van der Waals surface area contributed by atoms with Gasteiger partial charge in [-0.05, 0) is 32.1 Å². The van der Waals surface area contributed by atoms with Crippen molar-refractivity contribution >= 4 is 11.9 Å². The van der Waals surface area contributed by atoms with E-state index >= 15 is 0 Å². The molecule has 2 saturated carbocycles. The van der Waals surface area contributed by atoms with Gasteiger partial charge >= 0.3 is 5.97 Å². The van der Waals surface area contributed by atoms with Crippen molar-refractivity contribution in [3.05, 3.63) is 18.4 Å². The Balaban J connectivity index is 1.99. The maximum absolute atomic E-state index is 11.9. The maximum Gasteiger partial charge on any atom is 0.312 e. The zero-order valence-electron chi connectivity index (χ0n) is 15.0. The number of hydrogen-bond donors (Lipinski definition) is 0. The van der Waals surface area contributed by atoms with Crippen LogP contribution in [0.15, 0.2) is 18.4 Å². The predicted octanol–water partition coefficient (Wildman–Crippen LogP) is 4.24. The lowest BCUT2D eigenvalue weighted by atomic mass is 9.97. The Hall–Kier alpha value is -1.42. The molecule has 0 aromatic carbocycles. The zero-order valence-corrected chi connectivity index (χ0v) is 15.0. The van der Waals surface area contributed by atoms with Gasteiger partial charge in [-0.25, -0.2) is 4.79 Å². The Labute approximate surface area is 150 Å². The number of hydrogen-bond acceptors (Lipinski definition) is 5. The molecule has 140 valence electrons. The van der Waals surface area contributed by atoms with Gasteiger partial charge < -0.3 is 14.2 Å². The fourth-order valence-electron chi connectivity index (χ4n) is 3.42. The van der Waals surface area contributed by atoms with E-state index in [0.717, 1.165) is 51.4 Å². The van der Waals surface area contributed by atoms with Crippen LogP contribution in [0.5, 0.6) is 0 Å². The van der Waals surface area contributed by atoms with E-state index in [1.54, 1.807) is 12.0 Å². The minimum absolute atomic E-state index is 0.0394. The molecule has 5 nitrogen and oxygen atoms in total. The number of carbonyl (C=O) groups is 1. The summed E-state index contributed by atoms with van der Waals surface area (Å²) in [6.45, 7) is 3.58. The third-order valence-corrected chi connectivity index (χ3v) is 4.83. The van der Waals surface area contributed by atoms with E-state index in [1.807, 2.05) is 0 Å². The topological polar surface area (TPSA) is 61.8 Å². The molecule has 0 amide bonds.